The number of piperidine rings is 1. The van der Waals surface area contributed by atoms with Crippen LogP contribution in [0.5, 0.6) is 0 Å². The lowest BCUT2D eigenvalue weighted by atomic mass is 9.76. The molecule has 5 rings (SSSR count). The fourth-order valence-corrected chi connectivity index (χ4v) is 5.56. The number of methoxy groups -OCH3 is 1. The summed E-state index contributed by atoms with van der Waals surface area (Å²) in [6, 6.07) is 17.9. The van der Waals surface area contributed by atoms with Crippen LogP contribution in [0.3, 0.4) is 0 Å². The van der Waals surface area contributed by atoms with E-state index in [0.717, 1.165) is 35.0 Å². The first kappa shape index (κ1) is 22.5. The minimum atomic E-state index is -0.312. The third kappa shape index (κ3) is 4.05. The summed E-state index contributed by atoms with van der Waals surface area (Å²) in [5.74, 6) is -0.164. The fraction of sp³-hybridized carbons (Fsp3) is 0.407. The Morgan fingerprint density at radius 2 is 1.79 bits per heavy atom. The van der Waals surface area contributed by atoms with E-state index in [1.54, 1.807) is 7.11 Å². The molecule has 1 aromatic heterocycles. The van der Waals surface area contributed by atoms with Crippen molar-refractivity contribution in [3.63, 3.8) is 0 Å². The van der Waals surface area contributed by atoms with Crippen molar-refractivity contribution in [2.75, 3.05) is 20.3 Å². The van der Waals surface area contributed by atoms with E-state index in [1.807, 2.05) is 60.4 Å². The molecule has 0 radical (unpaired) electrons. The van der Waals surface area contributed by atoms with Crippen LogP contribution in [0.15, 0.2) is 54.6 Å². The average molecular weight is 463 g/mol. The standard InChI is InChI=1S/C27H30N2O5/c1-3-33-25(30)16-29-23-12-8-7-11-20(23)21-13-19-14-22(26(21)29)24(32-2)15-28(19)27(31)34-17-18-9-5-4-6-10-18/h4-12,19,22,24H,3,13-17H2,1-2H3/t19-,22+,24-/m0/s1. The number of benzene rings is 2. The zero-order valence-electron chi connectivity index (χ0n) is 19.6. The van der Waals surface area contributed by atoms with Crippen LogP contribution in [-0.2, 0) is 38.6 Å². The second-order valence-corrected chi connectivity index (χ2v) is 8.94. The predicted molar refractivity (Wildman–Crippen MR) is 128 cm³/mol. The molecular weight excluding hydrogens is 432 g/mol. The van der Waals surface area contributed by atoms with E-state index in [9.17, 15) is 9.59 Å². The van der Waals surface area contributed by atoms with Gasteiger partial charge in [0, 0.05) is 35.7 Å². The van der Waals surface area contributed by atoms with Gasteiger partial charge in [-0.05, 0) is 37.0 Å². The van der Waals surface area contributed by atoms with Crippen LogP contribution < -0.4 is 0 Å². The summed E-state index contributed by atoms with van der Waals surface area (Å²) < 4.78 is 18.9. The third-order valence-electron chi connectivity index (χ3n) is 7.04. The molecule has 2 aliphatic rings. The van der Waals surface area contributed by atoms with Crippen molar-refractivity contribution in [3.05, 3.63) is 71.4 Å². The van der Waals surface area contributed by atoms with Crippen LogP contribution in [0.2, 0.25) is 0 Å². The molecule has 7 nitrogen and oxygen atoms in total. The molecule has 1 saturated heterocycles. The van der Waals surface area contributed by atoms with Crippen molar-refractivity contribution in [2.45, 2.75) is 51.0 Å². The highest BCUT2D eigenvalue weighted by atomic mass is 16.6. The maximum atomic E-state index is 13.1. The Hall–Kier alpha value is -3.32. The maximum absolute atomic E-state index is 13.1. The third-order valence-corrected chi connectivity index (χ3v) is 7.04. The first-order chi connectivity index (χ1) is 16.6. The molecule has 3 atom stereocenters. The van der Waals surface area contributed by atoms with Crippen LogP contribution in [0.4, 0.5) is 4.79 Å². The molecule has 1 fully saturated rings. The number of likely N-dealkylation sites (tertiary alicyclic amines) is 1. The molecule has 1 aliphatic heterocycles. The highest BCUT2D eigenvalue weighted by Gasteiger charge is 2.46. The highest BCUT2D eigenvalue weighted by molar-refractivity contribution is 5.88. The molecule has 178 valence electrons. The van der Waals surface area contributed by atoms with Gasteiger partial charge in [-0.25, -0.2) is 4.79 Å². The van der Waals surface area contributed by atoms with Crippen LogP contribution in [0.1, 0.15) is 36.1 Å². The quantitative estimate of drug-likeness (QED) is 0.512. The molecular formula is C27H30N2O5. The number of carbonyl (C=O) groups is 2. The Morgan fingerprint density at radius 1 is 1.03 bits per heavy atom. The van der Waals surface area contributed by atoms with Crippen LogP contribution >= 0.6 is 0 Å². The van der Waals surface area contributed by atoms with Crippen molar-refractivity contribution in [2.24, 2.45) is 0 Å². The molecule has 2 heterocycles. The summed E-state index contributed by atoms with van der Waals surface area (Å²) in [4.78, 5) is 27.4. The van der Waals surface area contributed by atoms with E-state index in [-0.39, 0.29) is 43.3 Å². The number of para-hydroxylation sites is 1. The van der Waals surface area contributed by atoms with Gasteiger partial charge in [-0.2, -0.15) is 0 Å². The van der Waals surface area contributed by atoms with E-state index in [2.05, 4.69) is 10.6 Å². The summed E-state index contributed by atoms with van der Waals surface area (Å²) in [7, 11) is 1.69. The van der Waals surface area contributed by atoms with Gasteiger partial charge < -0.3 is 23.7 Å². The van der Waals surface area contributed by atoms with Gasteiger partial charge in [-0.3, -0.25) is 4.79 Å². The number of aromatic nitrogens is 1. The molecule has 0 saturated carbocycles. The van der Waals surface area contributed by atoms with Crippen LogP contribution in [0.25, 0.3) is 10.9 Å². The van der Waals surface area contributed by atoms with Gasteiger partial charge in [0.1, 0.15) is 13.2 Å². The summed E-state index contributed by atoms with van der Waals surface area (Å²) in [5.41, 5.74) is 4.29. The monoisotopic (exact) mass is 462 g/mol. The summed E-state index contributed by atoms with van der Waals surface area (Å²) in [5, 5.41) is 1.12. The van der Waals surface area contributed by atoms with Gasteiger partial charge in [0.05, 0.1) is 19.3 Å². The topological polar surface area (TPSA) is 70.0 Å². The van der Waals surface area contributed by atoms with Gasteiger partial charge >= 0.3 is 12.1 Å². The van der Waals surface area contributed by atoms with E-state index in [1.165, 1.54) is 5.56 Å². The van der Waals surface area contributed by atoms with Crippen molar-refractivity contribution in [1.29, 1.82) is 0 Å². The molecule has 0 unspecified atom stereocenters. The van der Waals surface area contributed by atoms with E-state index < -0.39 is 0 Å². The van der Waals surface area contributed by atoms with Crippen molar-refractivity contribution in [1.82, 2.24) is 9.47 Å². The zero-order valence-corrected chi connectivity index (χ0v) is 19.6. The van der Waals surface area contributed by atoms with E-state index in [0.29, 0.717) is 13.2 Å². The summed E-state index contributed by atoms with van der Waals surface area (Å²) in [6.45, 7) is 3.05. The second-order valence-electron chi connectivity index (χ2n) is 8.94. The van der Waals surface area contributed by atoms with Crippen LogP contribution in [-0.4, -0.2) is 53.9 Å². The Balaban J connectivity index is 1.46. The number of nitrogens with zero attached hydrogens (tertiary/aromatic N) is 2. The van der Waals surface area contributed by atoms with Gasteiger partial charge in [0.2, 0.25) is 0 Å². The zero-order chi connectivity index (χ0) is 23.7. The molecule has 1 amide bonds. The number of hydrogen-bond donors (Lipinski definition) is 0. The normalized spacial score (nSPS) is 21.2. The molecule has 34 heavy (non-hydrogen) atoms. The SMILES string of the molecule is CCOC(=O)Cn1c2c(c3ccccc31)C[C@H]1C[C@@H]2[C@@H](OC)CN1C(=O)OCc1ccccc1. The van der Waals surface area contributed by atoms with Gasteiger partial charge in [-0.1, -0.05) is 48.5 Å². The minimum Gasteiger partial charge on any atom is -0.465 e. The number of amides is 1. The molecule has 2 bridgehead atoms. The Labute approximate surface area is 199 Å². The van der Waals surface area contributed by atoms with E-state index in [4.69, 9.17) is 14.2 Å². The van der Waals surface area contributed by atoms with Gasteiger partial charge in [-0.15, -0.1) is 0 Å². The lowest BCUT2D eigenvalue weighted by Gasteiger charge is -2.46. The highest BCUT2D eigenvalue weighted by Crippen LogP contribution is 2.45. The van der Waals surface area contributed by atoms with Crippen LogP contribution in [0, 0.1) is 0 Å². The summed E-state index contributed by atoms with van der Waals surface area (Å²) in [6.07, 6.45) is 0.988. The number of fused-ring (bicyclic) bond motifs is 6. The number of esters is 1. The van der Waals surface area contributed by atoms with Crippen molar-refractivity contribution < 1.29 is 23.8 Å². The van der Waals surface area contributed by atoms with Crippen molar-refractivity contribution in [3.8, 4) is 0 Å². The molecule has 0 N–H and O–H groups in total. The number of ether oxygens (including phenoxy) is 3. The Kier molecular flexibility index (Phi) is 6.28. The smallest absolute Gasteiger partial charge is 0.410 e. The average Bonchev–Trinajstić information content (AvgIpc) is 3.17. The number of hydrogen-bond acceptors (Lipinski definition) is 5. The molecule has 2 aromatic carbocycles. The maximum Gasteiger partial charge on any atom is 0.410 e. The van der Waals surface area contributed by atoms with Crippen molar-refractivity contribution >= 4 is 23.0 Å². The van der Waals surface area contributed by atoms with Gasteiger partial charge in [0.25, 0.3) is 0 Å². The lowest BCUT2D eigenvalue weighted by molar-refractivity contribution is -0.143. The summed E-state index contributed by atoms with van der Waals surface area (Å²) >= 11 is 0. The molecule has 0 spiro atoms. The first-order valence-electron chi connectivity index (χ1n) is 11.9. The number of carbonyl (C=O) groups excluding carboxylic acids is 2. The number of rotatable bonds is 6. The largest absolute Gasteiger partial charge is 0.465 e. The molecule has 3 aromatic rings. The Bertz CT molecular complexity index is 1190. The van der Waals surface area contributed by atoms with E-state index >= 15 is 0 Å². The molecule has 1 aliphatic carbocycles. The fourth-order valence-electron chi connectivity index (χ4n) is 5.56. The first-order valence-corrected chi connectivity index (χ1v) is 11.9. The molecule has 7 heteroatoms. The minimum absolute atomic E-state index is 0.0222. The Morgan fingerprint density at radius 3 is 2.56 bits per heavy atom. The second kappa shape index (κ2) is 9.50. The predicted octanol–water partition coefficient (Wildman–Crippen LogP) is 4.27. The lowest BCUT2D eigenvalue weighted by Crippen LogP contribution is -2.55. The van der Waals surface area contributed by atoms with Gasteiger partial charge in [0.15, 0.2) is 0 Å².